The van der Waals surface area contributed by atoms with Crippen molar-refractivity contribution >= 4 is 0 Å². The zero-order chi connectivity index (χ0) is 5.54. The highest BCUT2D eigenvalue weighted by Gasteiger charge is 1.79. The Kier molecular flexibility index (Phi) is 5.63. The van der Waals surface area contributed by atoms with Gasteiger partial charge >= 0.3 is 0 Å². The zero-order valence-electron chi connectivity index (χ0n) is 3.53. The number of rotatable bonds is 4. The van der Waals surface area contributed by atoms with Gasteiger partial charge in [0.15, 0.2) is 13.6 Å². The Morgan fingerprint density at radius 3 is 1.71 bits per heavy atom. The molecule has 0 aliphatic rings. The van der Waals surface area contributed by atoms with Gasteiger partial charge in [0, 0.05) is 0 Å². The Labute approximate surface area is 39.9 Å². The van der Waals surface area contributed by atoms with E-state index < -0.39 is 0 Å². The Bertz CT molecular complexity index is 25.3. The average molecular weight is 110 g/mol. The second-order valence-electron chi connectivity index (χ2n) is 0.698. The highest BCUT2D eigenvalue weighted by molar-refractivity contribution is 3.88. The van der Waals surface area contributed by atoms with E-state index >= 15 is 0 Å². The van der Waals surface area contributed by atoms with Gasteiger partial charge in [-0.25, -0.2) is 20.3 Å². The normalized spacial score (nSPS) is 9.43. The molecule has 2 N–H and O–H groups in total. The molecule has 5 nitrogen and oxygen atoms in total. The van der Waals surface area contributed by atoms with Crippen LogP contribution >= 0.6 is 0 Å². The molecule has 0 spiro atoms. The lowest BCUT2D eigenvalue weighted by molar-refractivity contribution is -0.350. The van der Waals surface area contributed by atoms with Crippen molar-refractivity contribution in [1.29, 1.82) is 0 Å². The lowest BCUT2D eigenvalue weighted by atomic mass is 11.4. The van der Waals surface area contributed by atoms with Gasteiger partial charge in [0.2, 0.25) is 0 Å². The van der Waals surface area contributed by atoms with Gasteiger partial charge in [0.25, 0.3) is 0 Å². The molecule has 0 unspecified atom stereocenters. The molecule has 0 bridgehead atoms. The summed E-state index contributed by atoms with van der Waals surface area (Å²) in [6, 6.07) is 0. The molecule has 0 amide bonds. The summed E-state index contributed by atoms with van der Waals surface area (Å²) >= 11 is 0. The van der Waals surface area contributed by atoms with Crippen molar-refractivity contribution < 1.29 is 25.0 Å². The summed E-state index contributed by atoms with van der Waals surface area (Å²) in [5.74, 6) is 0. The molecule has 0 heterocycles. The van der Waals surface area contributed by atoms with Crippen LogP contribution in [0.2, 0.25) is 0 Å². The maximum absolute atomic E-state index is 7.53. The van der Waals surface area contributed by atoms with E-state index in [9.17, 15) is 0 Å². The van der Waals surface area contributed by atoms with Crippen LogP contribution in [0.4, 0.5) is 0 Å². The van der Waals surface area contributed by atoms with Gasteiger partial charge in [0.05, 0.1) is 0 Å². The van der Waals surface area contributed by atoms with Gasteiger partial charge in [-0.1, -0.05) is 0 Å². The first kappa shape index (κ1) is 6.80. The van der Waals surface area contributed by atoms with Gasteiger partial charge in [-0.2, -0.15) is 0 Å². The fourth-order valence-corrected chi connectivity index (χ4v) is 0.109. The molecule has 44 valence electrons. The van der Waals surface area contributed by atoms with Gasteiger partial charge in [-0.15, -0.1) is 0 Å². The van der Waals surface area contributed by atoms with Gasteiger partial charge in [0.1, 0.15) is 0 Å². The van der Waals surface area contributed by atoms with Crippen molar-refractivity contribution in [3.63, 3.8) is 0 Å². The van der Waals surface area contributed by atoms with Gasteiger partial charge in [-0.05, 0) is 0 Å². The molecule has 0 rings (SSSR count). The molecule has 0 aliphatic heterocycles. The van der Waals surface area contributed by atoms with Crippen molar-refractivity contribution in [2.45, 2.75) is 0 Å². The number of hydrogen-bond acceptors (Lipinski definition) is 5. The zero-order valence-corrected chi connectivity index (χ0v) is 3.53. The predicted octanol–water partition coefficient (Wildman–Crippen LogP) is -0.103. The van der Waals surface area contributed by atoms with Crippen molar-refractivity contribution in [1.82, 2.24) is 0 Å². The summed E-state index contributed by atoms with van der Waals surface area (Å²) in [5.41, 5.74) is 0. The van der Waals surface area contributed by atoms with Crippen LogP contribution in [0.3, 0.4) is 0 Å². The Morgan fingerprint density at radius 1 is 1.00 bits per heavy atom. The summed E-state index contributed by atoms with van der Waals surface area (Å²) in [6.07, 6.45) is 0. The van der Waals surface area contributed by atoms with E-state index in [-0.39, 0.29) is 13.6 Å². The molecule has 0 saturated heterocycles. The molecule has 0 aromatic carbocycles. The Balaban J connectivity index is 2.45. The minimum atomic E-state index is -0.305. The molecular weight excluding hydrogens is 104 g/mol. The van der Waals surface area contributed by atoms with Crippen molar-refractivity contribution in [3.05, 3.63) is 0 Å². The lowest BCUT2D eigenvalue weighted by Gasteiger charge is -1.94. The summed E-state index contributed by atoms with van der Waals surface area (Å²) in [6.45, 7) is -0.610. The smallest absolute Gasteiger partial charge is 0.183 e. The Morgan fingerprint density at radius 2 is 1.43 bits per heavy atom. The van der Waals surface area contributed by atoms with E-state index in [4.69, 9.17) is 10.5 Å². The average Bonchev–Trinajstić information content (AvgIpc) is 1.69. The molecule has 0 fully saturated rings. The third kappa shape index (κ3) is 5.80. The molecular formula is C2H6O5. The van der Waals surface area contributed by atoms with Crippen LogP contribution in [0.5, 0.6) is 0 Å². The molecule has 0 aromatic heterocycles. The second kappa shape index (κ2) is 5.80. The molecule has 0 radical (unpaired) electrons. The molecule has 0 aliphatic carbocycles. The lowest BCUT2D eigenvalue weighted by Crippen LogP contribution is -1.99. The summed E-state index contributed by atoms with van der Waals surface area (Å²) in [4.78, 5) is 6.86. The highest BCUT2D eigenvalue weighted by atomic mass is 17.2. The van der Waals surface area contributed by atoms with Crippen LogP contribution in [0.25, 0.3) is 0 Å². The van der Waals surface area contributed by atoms with Crippen molar-refractivity contribution in [2.24, 2.45) is 0 Å². The van der Waals surface area contributed by atoms with Gasteiger partial charge in [-0.3, -0.25) is 0 Å². The van der Waals surface area contributed by atoms with E-state index in [1.54, 1.807) is 0 Å². The van der Waals surface area contributed by atoms with Crippen LogP contribution in [-0.4, -0.2) is 24.1 Å². The summed E-state index contributed by atoms with van der Waals surface area (Å²) < 4.78 is 4.19. The predicted molar refractivity (Wildman–Crippen MR) is 18.2 cm³/mol. The van der Waals surface area contributed by atoms with Crippen LogP contribution in [-0.2, 0) is 14.5 Å². The number of ether oxygens (including phenoxy) is 1. The van der Waals surface area contributed by atoms with Crippen LogP contribution in [0, 0.1) is 0 Å². The van der Waals surface area contributed by atoms with Gasteiger partial charge < -0.3 is 4.74 Å². The van der Waals surface area contributed by atoms with E-state index in [1.165, 1.54) is 0 Å². The van der Waals surface area contributed by atoms with Crippen molar-refractivity contribution in [3.8, 4) is 0 Å². The van der Waals surface area contributed by atoms with Crippen LogP contribution < -0.4 is 0 Å². The number of hydrogen-bond donors (Lipinski definition) is 2. The first-order valence-corrected chi connectivity index (χ1v) is 1.52. The second-order valence-corrected chi connectivity index (χ2v) is 0.698. The van der Waals surface area contributed by atoms with Crippen molar-refractivity contribution in [2.75, 3.05) is 13.6 Å². The van der Waals surface area contributed by atoms with E-state index in [0.717, 1.165) is 0 Å². The third-order valence-corrected chi connectivity index (χ3v) is 0.272. The Hall–Kier alpha value is -0.200. The van der Waals surface area contributed by atoms with Crippen LogP contribution in [0.15, 0.2) is 0 Å². The van der Waals surface area contributed by atoms with Crippen LogP contribution in [0.1, 0.15) is 0 Å². The quantitative estimate of drug-likeness (QED) is 0.229. The monoisotopic (exact) mass is 110 g/mol. The molecule has 0 saturated carbocycles. The first-order chi connectivity index (χ1) is 3.41. The fourth-order valence-electron chi connectivity index (χ4n) is 0.109. The molecule has 0 atom stereocenters. The molecule has 7 heavy (non-hydrogen) atoms. The van der Waals surface area contributed by atoms with E-state index in [1.807, 2.05) is 0 Å². The molecule has 0 aromatic rings. The highest BCUT2D eigenvalue weighted by Crippen LogP contribution is 1.71. The SMILES string of the molecule is OOCOCOO. The first-order valence-electron chi connectivity index (χ1n) is 1.52. The topological polar surface area (TPSA) is 68.2 Å². The summed E-state index contributed by atoms with van der Waals surface area (Å²) in [5, 5.41) is 15.1. The minimum absolute atomic E-state index is 0.305. The van der Waals surface area contributed by atoms with E-state index in [2.05, 4.69) is 14.5 Å². The molecule has 5 heteroatoms. The third-order valence-electron chi connectivity index (χ3n) is 0.272. The standard InChI is InChI=1S/C2H6O5/c3-6-1-5-2-7-4/h3-4H,1-2H2. The maximum Gasteiger partial charge on any atom is 0.183 e. The maximum atomic E-state index is 7.53. The largest absolute Gasteiger partial charge is 0.323 e. The fraction of sp³-hybridized carbons (Fsp3) is 1.00. The van der Waals surface area contributed by atoms with E-state index in [0.29, 0.717) is 0 Å². The minimum Gasteiger partial charge on any atom is -0.323 e. The summed E-state index contributed by atoms with van der Waals surface area (Å²) in [7, 11) is 0.